The zero-order valence-electron chi connectivity index (χ0n) is 31.2. The number of hydrogen-bond acceptors (Lipinski definition) is 7. The first-order valence-electron chi connectivity index (χ1n) is 19.0. The van der Waals surface area contributed by atoms with Crippen molar-refractivity contribution in [1.29, 1.82) is 0 Å². The number of nitrogens with one attached hydrogen (secondary N) is 1. The lowest BCUT2D eigenvalue weighted by atomic mass is 9.71. The Balaban J connectivity index is 1.44. The highest BCUT2D eigenvalue weighted by molar-refractivity contribution is 5.94. The molecule has 2 aliphatic rings. The maximum atomic E-state index is 14.1. The Hall–Kier alpha value is -3.82. The average molecular weight is 700 g/mol. The van der Waals surface area contributed by atoms with E-state index < -0.39 is 23.9 Å². The van der Waals surface area contributed by atoms with E-state index in [-0.39, 0.29) is 47.6 Å². The van der Waals surface area contributed by atoms with Crippen LogP contribution in [0.25, 0.3) is 0 Å². The summed E-state index contributed by atoms with van der Waals surface area (Å²) in [6.07, 6.45) is 5.25. The monoisotopic (exact) mass is 699 g/mol. The molecule has 2 heterocycles. The van der Waals surface area contributed by atoms with E-state index in [1.54, 1.807) is 0 Å². The second-order valence-electron chi connectivity index (χ2n) is 15.6. The third-order valence-corrected chi connectivity index (χ3v) is 10.8. The van der Waals surface area contributed by atoms with Crippen molar-refractivity contribution < 1.29 is 19.2 Å². The van der Waals surface area contributed by atoms with Gasteiger partial charge in [0, 0.05) is 62.0 Å². The molecule has 2 aromatic rings. The maximum absolute atomic E-state index is 14.1. The van der Waals surface area contributed by atoms with Crippen LogP contribution in [-0.4, -0.2) is 78.0 Å². The molecule has 278 valence electrons. The quantitative estimate of drug-likeness (QED) is 0.164. The van der Waals surface area contributed by atoms with E-state index >= 15 is 0 Å². The van der Waals surface area contributed by atoms with Gasteiger partial charge < -0.3 is 26.6 Å². The Kier molecular flexibility index (Phi) is 15.0. The van der Waals surface area contributed by atoms with Gasteiger partial charge in [0.1, 0.15) is 0 Å². The van der Waals surface area contributed by atoms with Crippen LogP contribution in [0.1, 0.15) is 83.3 Å². The number of ketones is 2. The van der Waals surface area contributed by atoms with Crippen LogP contribution in [0.5, 0.6) is 0 Å². The van der Waals surface area contributed by atoms with Gasteiger partial charge in [0.2, 0.25) is 11.8 Å². The minimum Gasteiger partial charge on any atom is -0.374 e. The van der Waals surface area contributed by atoms with Crippen LogP contribution >= 0.6 is 0 Å². The van der Waals surface area contributed by atoms with Crippen molar-refractivity contribution in [2.45, 2.75) is 97.1 Å². The summed E-state index contributed by atoms with van der Waals surface area (Å²) in [7, 11) is 0. The fourth-order valence-corrected chi connectivity index (χ4v) is 7.61. The SMILES string of the molecule is C=C(C)N1CC2(CCN(C(=O)[C@@H](CCCCN)CC(=O)[C@@H](CC(C)C)NC(=O)[C@H](CC(=O)[C@H](N)Cc3ccccc3)Cc3ccccc3)CC2)C1. The molecule has 0 radical (unpaired) electrons. The van der Waals surface area contributed by atoms with E-state index in [2.05, 4.69) is 16.8 Å². The first-order chi connectivity index (χ1) is 24.4. The van der Waals surface area contributed by atoms with Gasteiger partial charge in [0.15, 0.2) is 11.6 Å². The van der Waals surface area contributed by atoms with Crippen molar-refractivity contribution in [2.75, 3.05) is 32.7 Å². The molecule has 9 nitrogen and oxygen atoms in total. The zero-order chi connectivity index (χ0) is 37.0. The van der Waals surface area contributed by atoms with Crippen molar-refractivity contribution in [1.82, 2.24) is 15.1 Å². The molecule has 1 spiro atoms. The second-order valence-corrected chi connectivity index (χ2v) is 15.6. The lowest BCUT2D eigenvalue weighted by Crippen LogP contribution is -2.60. The first-order valence-corrected chi connectivity index (χ1v) is 19.0. The highest BCUT2D eigenvalue weighted by atomic mass is 16.2. The van der Waals surface area contributed by atoms with Crippen LogP contribution < -0.4 is 16.8 Å². The predicted molar refractivity (Wildman–Crippen MR) is 203 cm³/mol. The lowest BCUT2D eigenvalue weighted by molar-refractivity contribution is -0.143. The minimum atomic E-state index is -0.763. The van der Waals surface area contributed by atoms with Crippen molar-refractivity contribution in [3.63, 3.8) is 0 Å². The van der Waals surface area contributed by atoms with Gasteiger partial charge in [-0.3, -0.25) is 19.2 Å². The van der Waals surface area contributed by atoms with E-state index in [9.17, 15) is 19.2 Å². The smallest absolute Gasteiger partial charge is 0.226 e. The largest absolute Gasteiger partial charge is 0.374 e. The van der Waals surface area contributed by atoms with Gasteiger partial charge in [-0.25, -0.2) is 0 Å². The lowest BCUT2D eigenvalue weighted by Gasteiger charge is -2.55. The van der Waals surface area contributed by atoms with E-state index in [1.807, 2.05) is 86.3 Å². The zero-order valence-corrected chi connectivity index (χ0v) is 31.2. The highest BCUT2D eigenvalue weighted by Gasteiger charge is 2.46. The Morgan fingerprint density at radius 2 is 1.39 bits per heavy atom. The third-order valence-electron chi connectivity index (χ3n) is 10.8. The highest BCUT2D eigenvalue weighted by Crippen LogP contribution is 2.42. The molecule has 2 aliphatic heterocycles. The number of Topliss-reactive ketones (excluding diaryl/α,β-unsaturated/α-hetero) is 2. The summed E-state index contributed by atoms with van der Waals surface area (Å²) in [5.41, 5.74) is 15.4. The molecule has 2 aromatic carbocycles. The van der Waals surface area contributed by atoms with Crippen LogP contribution in [0.3, 0.4) is 0 Å². The fourth-order valence-electron chi connectivity index (χ4n) is 7.61. The molecule has 2 amide bonds. The van der Waals surface area contributed by atoms with Crippen molar-refractivity contribution in [2.24, 2.45) is 34.6 Å². The van der Waals surface area contributed by atoms with Gasteiger partial charge in [-0.1, -0.05) is 87.5 Å². The standard InChI is InChI=1S/C42H61N5O4/c1-30(2)23-37(39(49)26-34(17-11-12-20-43)41(51)46-21-18-42(19-22-46)28-47(29-42)31(3)4)45-40(50)35(24-32-13-7-5-8-14-32)27-38(48)36(44)25-33-15-9-6-10-16-33/h5-10,13-16,30,34-37H,3,11-12,17-29,43-44H2,1-2,4H3,(H,45,50)/t34-,35-,36+,37+/m0/s1. The fraction of sp³-hybridized carbons (Fsp3) is 0.571. The molecule has 2 saturated heterocycles. The Labute approximate surface area is 305 Å². The predicted octanol–water partition coefficient (Wildman–Crippen LogP) is 5.07. The Morgan fingerprint density at radius 1 is 0.824 bits per heavy atom. The molecular weight excluding hydrogens is 638 g/mol. The van der Waals surface area contributed by atoms with Gasteiger partial charge in [-0.2, -0.15) is 0 Å². The molecule has 0 saturated carbocycles. The van der Waals surface area contributed by atoms with E-state index in [1.165, 1.54) is 0 Å². The van der Waals surface area contributed by atoms with E-state index in [4.69, 9.17) is 11.5 Å². The number of allylic oxidation sites excluding steroid dienone is 1. The molecule has 0 unspecified atom stereocenters. The number of benzene rings is 2. The number of carbonyl (C=O) groups is 4. The molecule has 0 bridgehead atoms. The minimum absolute atomic E-state index is 0.0286. The van der Waals surface area contributed by atoms with Gasteiger partial charge in [0.25, 0.3) is 0 Å². The van der Waals surface area contributed by atoms with E-state index in [0.29, 0.717) is 45.3 Å². The summed E-state index contributed by atoms with van der Waals surface area (Å²) < 4.78 is 0. The third kappa shape index (κ3) is 11.9. The number of amides is 2. The molecular formula is C42H61N5O4. The Bertz CT molecular complexity index is 1450. The topological polar surface area (TPSA) is 139 Å². The number of unbranched alkanes of at least 4 members (excludes halogenated alkanes) is 1. The molecule has 4 rings (SSSR count). The van der Waals surface area contributed by atoms with Crippen LogP contribution in [-0.2, 0) is 32.0 Å². The number of likely N-dealkylation sites (tertiary alicyclic amines) is 2. The number of nitrogens with two attached hydrogens (primary N) is 2. The second kappa shape index (κ2) is 19.1. The Morgan fingerprint density at radius 3 is 1.94 bits per heavy atom. The van der Waals surface area contributed by atoms with E-state index in [0.717, 1.165) is 55.6 Å². The molecule has 2 fully saturated rings. The van der Waals surface area contributed by atoms with Gasteiger partial charge in [-0.05, 0) is 75.5 Å². The van der Waals surface area contributed by atoms with Crippen LogP contribution in [0.15, 0.2) is 72.9 Å². The van der Waals surface area contributed by atoms with Crippen molar-refractivity contribution in [3.05, 3.63) is 84.1 Å². The molecule has 4 atom stereocenters. The van der Waals surface area contributed by atoms with Gasteiger partial charge in [-0.15, -0.1) is 0 Å². The van der Waals surface area contributed by atoms with Crippen LogP contribution in [0.2, 0.25) is 0 Å². The van der Waals surface area contributed by atoms with Crippen molar-refractivity contribution in [3.8, 4) is 0 Å². The summed E-state index contributed by atoms with van der Waals surface area (Å²) in [6.45, 7) is 14.0. The summed E-state index contributed by atoms with van der Waals surface area (Å²) in [4.78, 5) is 59.8. The molecule has 9 heteroatoms. The van der Waals surface area contributed by atoms with Gasteiger partial charge >= 0.3 is 0 Å². The maximum Gasteiger partial charge on any atom is 0.226 e. The summed E-state index contributed by atoms with van der Waals surface area (Å²) in [5, 5.41) is 3.05. The number of carbonyl (C=O) groups excluding carboxylic acids is 4. The normalized spacial score (nSPS) is 17.7. The van der Waals surface area contributed by atoms with Crippen molar-refractivity contribution >= 4 is 23.4 Å². The number of piperidine rings is 1. The molecule has 5 N–H and O–H groups in total. The summed E-state index contributed by atoms with van der Waals surface area (Å²) in [6, 6.07) is 17.7. The summed E-state index contributed by atoms with van der Waals surface area (Å²) >= 11 is 0. The number of nitrogens with zero attached hydrogens (tertiary/aromatic N) is 2. The van der Waals surface area contributed by atoms with Gasteiger partial charge in [0.05, 0.1) is 12.1 Å². The van der Waals surface area contributed by atoms with Crippen LogP contribution in [0, 0.1) is 23.2 Å². The molecule has 0 aliphatic carbocycles. The first kappa shape index (κ1) is 40.0. The number of hydrogen-bond donors (Lipinski definition) is 3. The number of rotatable bonds is 20. The average Bonchev–Trinajstić information content (AvgIpc) is 3.09. The van der Waals surface area contributed by atoms with Crippen LogP contribution in [0.4, 0.5) is 0 Å². The molecule has 51 heavy (non-hydrogen) atoms. The molecule has 0 aromatic heterocycles. The summed E-state index contributed by atoms with van der Waals surface area (Å²) in [5.74, 6) is -1.67.